The third kappa shape index (κ3) is 9.92. The zero-order valence-corrected chi connectivity index (χ0v) is 19.2. The van der Waals surface area contributed by atoms with E-state index in [1.54, 1.807) is 0 Å². The van der Waals surface area contributed by atoms with Crippen LogP contribution in [-0.4, -0.2) is 38.4 Å². The summed E-state index contributed by atoms with van der Waals surface area (Å²) in [6.07, 6.45) is -2.66. The van der Waals surface area contributed by atoms with Crippen LogP contribution < -0.4 is 44.6 Å². The van der Waals surface area contributed by atoms with Gasteiger partial charge in [0.15, 0.2) is 0 Å². The summed E-state index contributed by atoms with van der Waals surface area (Å²) in [5.74, 6) is -0.0566. The minimum absolute atomic E-state index is 0. The number of phosphoric ester groups is 1. The third-order valence-electron chi connectivity index (χ3n) is 3.17. The topological polar surface area (TPSA) is 368 Å². The van der Waals surface area contributed by atoms with Gasteiger partial charge < -0.3 is 58.1 Å². The highest BCUT2D eigenvalue weighted by Crippen LogP contribution is 2.61. The Morgan fingerprint density at radius 3 is 2.29 bits per heavy atom. The van der Waals surface area contributed by atoms with Crippen molar-refractivity contribution >= 4 is 29.3 Å². The molecule has 0 aromatic carbocycles. The second-order valence-corrected chi connectivity index (χ2v) is 9.59. The molecule has 19 nitrogen and oxygen atoms in total. The number of hydrogen-bond acceptors (Lipinski definition) is 14. The molecule has 2 heterocycles. The van der Waals surface area contributed by atoms with E-state index in [9.17, 15) is 38.3 Å². The summed E-state index contributed by atoms with van der Waals surface area (Å²) >= 11 is 0. The second-order valence-electron chi connectivity index (χ2n) is 5.30. The lowest BCUT2D eigenvalue weighted by atomic mass is 10.2. The van der Waals surface area contributed by atoms with Crippen LogP contribution >= 0.6 is 23.5 Å². The Kier molecular flexibility index (Phi) is 12.1. The molecule has 0 aliphatic carbocycles. The molecule has 16 N–H and O–H groups in total. The first kappa shape index (κ1) is 32.1. The van der Waals surface area contributed by atoms with Gasteiger partial charge in [-0.3, -0.25) is 18.3 Å². The molecule has 0 bridgehead atoms. The lowest BCUT2D eigenvalue weighted by molar-refractivity contribution is -0.250. The zero-order chi connectivity index (χ0) is 21.3. The Bertz CT molecular complexity index is 922. The fourth-order valence-electron chi connectivity index (χ4n) is 2.13. The Labute approximate surface area is 174 Å². The minimum atomic E-state index is -6.03. The molecule has 31 heavy (non-hydrogen) atoms. The van der Waals surface area contributed by atoms with Crippen molar-refractivity contribution in [3.8, 4) is 0 Å². The standard InChI is InChI=1S/C9H16N3O13P3.3H3N/c10-7-1-2-12(9(14)11-7)8-3-5(13)6(23-8)4-22-27(18,19)25-28(20,21)24-26(15,16)17;;;/h1-2,5-6,8,13H,3-4H2,(H,18,19)(H,20,21)(H2,10,11,14)(H2,15,16,17);3*1H3/t5-,6-,8-;;;/m1.../s1. The van der Waals surface area contributed by atoms with Crippen LogP contribution in [0.25, 0.3) is 0 Å². The molecule has 0 spiro atoms. The number of phosphoric acid groups is 3. The van der Waals surface area contributed by atoms with Gasteiger partial charge in [-0.15, -0.1) is 0 Å². The van der Waals surface area contributed by atoms with Crippen LogP contribution in [0.3, 0.4) is 0 Å². The van der Waals surface area contributed by atoms with E-state index in [1.807, 2.05) is 0 Å². The lowest BCUT2D eigenvalue weighted by Crippen LogP contribution is -2.29. The van der Waals surface area contributed by atoms with Crippen LogP contribution in [0.2, 0.25) is 0 Å². The van der Waals surface area contributed by atoms with Crippen LogP contribution in [0, 0.1) is 0 Å². The predicted octanol–water partition coefficient (Wildman–Crippen LogP) is -1.95. The smallest absolute Gasteiger partial charge is 0.351 e. The van der Waals surface area contributed by atoms with Gasteiger partial charge >= 0.3 is 5.69 Å². The molecular formula is C9H25N6O13P3. The average Bonchev–Trinajstić information content (AvgIpc) is 2.82. The zero-order valence-electron chi connectivity index (χ0n) is 16.5. The molecule has 6 atom stereocenters. The number of aliphatic hydroxyl groups excluding tert-OH is 1. The minimum Gasteiger partial charge on any atom is -0.756 e. The monoisotopic (exact) mass is 518 g/mol. The van der Waals surface area contributed by atoms with Gasteiger partial charge in [-0.25, -0.2) is 13.4 Å². The van der Waals surface area contributed by atoms with Crippen molar-refractivity contribution in [1.29, 1.82) is 0 Å². The van der Waals surface area contributed by atoms with E-state index in [0.29, 0.717) is 0 Å². The number of anilines is 1. The van der Waals surface area contributed by atoms with Crippen molar-refractivity contribution < 1.29 is 56.3 Å². The lowest BCUT2D eigenvalue weighted by Gasteiger charge is -2.33. The van der Waals surface area contributed by atoms with Crippen molar-refractivity contribution in [3.05, 3.63) is 22.7 Å². The summed E-state index contributed by atoms with van der Waals surface area (Å²) in [6.45, 7) is -0.955. The summed E-state index contributed by atoms with van der Waals surface area (Å²) in [6, 6.07) is 1.28. The normalized spacial score (nSPS) is 26.2. The fourth-order valence-corrected chi connectivity index (χ4v) is 5.03. The molecule has 1 fully saturated rings. The molecule has 0 radical (unpaired) electrons. The van der Waals surface area contributed by atoms with E-state index >= 15 is 0 Å². The molecule has 2 rings (SSSR count). The van der Waals surface area contributed by atoms with E-state index in [0.717, 1.165) is 4.57 Å². The maximum atomic E-state index is 11.7. The van der Waals surface area contributed by atoms with Gasteiger partial charge in [-0.05, 0) is 6.07 Å². The number of ether oxygens (including phenoxy) is 1. The summed E-state index contributed by atoms with van der Waals surface area (Å²) in [7, 11) is -17.6. The van der Waals surface area contributed by atoms with Crippen LogP contribution in [0.1, 0.15) is 12.6 Å². The van der Waals surface area contributed by atoms with Gasteiger partial charge in [0, 0.05) is 12.6 Å². The quantitative estimate of drug-likeness (QED) is 0.204. The van der Waals surface area contributed by atoms with Crippen molar-refractivity contribution in [2.75, 3.05) is 12.3 Å². The van der Waals surface area contributed by atoms with E-state index in [-0.39, 0.29) is 30.7 Å². The number of rotatable bonds is 8. The number of quaternary nitrogens is 3. The molecule has 1 aliphatic rings. The number of nitrogens with two attached hydrogens (primary N) is 1. The van der Waals surface area contributed by atoms with Gasteiger partial charge in [0.05, 0.1) is 12.7 Å². The van der Waals surface area contributed by atoms with Gasteiger partial charge in [-0.1, -0.05) is 0 Å². The number of aromatic nitrogens is 2. The van der Waals surface area contributed by atoms with Gasteiger partial charge in [0.1, 0.15) is 18.1 Å². The second kappa shape index (κ2) is 11.7. The Morgan fingerprint density at radius 2 is 1.77 bits per heavy atom. The molecule has 1 aromatic heterocycles. The Balaban J connectivity index is 0. The van der Waals surface area contributed by atoms with E-state index in [2.05, 4.69) is 18.1 Å². The summed E-state index contributed by atoms with van der Waals surface area (Å²) < 4.78 is 49.9. The number of nitrogens with zero attached hydrogens (tertiary/aromatic N) is 2. The predicted molar refractivity (Wildman–Crippen MR) is 98.6 cm³/mol. The Morgan fingerprint density at radius 1 is 1.19 bits per heavy atom. The highest BCUT2D eigenvalue weighted by atomic mass is 31.3. The first-order chi connectivity index (χ1) is 12.7. The fraction of sp³-hybridized carbons (Fsp3) is 0.556. The maximum absolute atomic E-state index is 11.7. The van der Waals surface area contributed by atoms with Crippen LogP contribution in [0.5, 0.6) is 0 Å². The maximum Gasteiger partial charge on any atom is 0.351 e. The SMILES string of the molecule is Nc1ccn([C@H]2C[C@@H](O)[C@@H](COP(=O)([O-])OP(=O)([O-])OP(=O)([O-])O)O2)c(=O)n1.[NH4+].[NH4+].[NH4+]. The molecule has 3 unspecified atom stereocenters. The van der Waals surface area contributed by atoms with E-state index in [4.69, 9.17) is 15.4 Å². The molecule has 1 aromatic rings. The summed E-state index contributed by atoms with van der Waals surface area (Å²) in [4.78, 5) is 56.4. The summed E-state index contributed by atoms with van der Waals surface area (Å²) in [5, 5.41) is 9.90. The van der Waals surface area contributed by atoms with Crippen molar-refractivity contribution in [2.24, 2.45) is 0 Å². The van der Waals surface area contributed by atoms with Gasteiger partial charge in [0.2, 0.25) is 0 Å². The molecule has 22 heteroatoms. The first-order valence-electron chi connectivity index (χ1n) is 7.09. The van der Waals surface area contributed by atoms with Gasteiger partial charge in [-0.2, -0.15) is 4.98 Å². The third-order valence-corrected chi connectivity index (χ3v) is 6.86. The molecule has 0 amide bonds. The first-order valence-corrected chi connectivity index (χ1v) is 11.5. The molecule has 0 saturated carbocycles. The number of aliphatic hydroxyl groups is 1. The molecule has 184 valence electrons. The van der Waals surface area contributed by atoms with Crippen LogP contribution in [-0.2, 0) is 31.6 Å². The largest absolute Gasteiger partial charge is 0.756 e. The number of nitrogen functional groups attached to an aromatic ring is 1. The van der Waals surface area contributed by atoms with Crippen molar-refractivity contribution in [3.63, 3.8) is 0 Å². The van der Waals surface area contributed by atoms with Crippen LogP contribution in [0.4, 0.5) is 5.82 Å². The molecular weight excluding hydrogens is 493 g/mol. The highest BCUT2D eigenvalue weighted by Gasteiger charge is 2.37. The van der Waals surface area contributed by atoms with Crippen molar-refractivity contribution in [1.82, 2.24) is 28.0 Å². The summed E-state index contributed by atoms with van der Waals surface area (Å²) in [5.41, 5.74) is 4.54. The van der Waals surface area contributed by atoms with Crippen LogP contribution in [0.15, 0.2) is 17.1 Å². The van der Waals surface area contributed by atoms with E-state index in [1.165, 1.54) is 12.3 Å². The molecule has 1 saturated heterocycles. The van der Waals surface area contributed by atoms with Gasteiger partial charge in [0.25, 0.3) is 23.5 Å². The van der Waals surface area contributed by atoms with E-state index < -0.39 is 54.2 Å². The number of hydrogen-bond donors (Lipinski definition) is 6. The highest BCUT2D eigenvalue weighted by molar-refractivity contribution is 7.65. The Hall–Kier alpha value is -1.11. The average molecular weight is 518 g/mol. The molecule has 1 aliphatic heterocycles. The van der Waals surface area contributed by atoms with Crippen molar-refractivity contribution in [2.45, 2.75) is 24.9 Å².